The predicted octanol–water partition coefficient (Wildman–Crippen LogP) is 3.86. The molecule has 2 unspecified atom stereocenters. The van der Waals surface area contributed by atoms with E-state index in [1.165, 1.54) is 12.1 Å². The number of aromatic nitrogens is 2. The number of non-ortho nitro benzene ring substituents is 1. The fourth-order valence-corrected chi connectivity index (χ4v) is 2.71. The van der Waals surface area contributed by atoms with Crippen LogP contribution in [0, 0.1) is 16.0 Å². The smallest absolute Gasteiger partial charge is 0.271 e. The summed E-state index contributed by atoms with van der Waals surface area (Å²) in [6.07, 6.45) is 3.80. The van der Waals surface area contributed by atoms with Crippen LogP contribution in [0.2, 0.25) is 0 Å². The maximum absolute atomic E-state index is 12.4. The van der Waals surface area contributed by atoms with Crippen molar-refractivity contribution in [2.45, 2.75) is 52.5 Å². The van der Waals surface area contributed by atoms with Crippen LogP contribution >= 0.6 is 0 Å². The van der Waals surface area contributed by atoms with Gasteiger partial charge in [-0.25, -0.2) is 4.98 Å². The lowest BCUT2D eigenvalue weighted by Crippen LogP contribution is -2.33. The summed E-state index contributed by atoms with van der Waals surface area (Å²) in [6.45, 7) is 5.99. The topological polar surface area (TPSA) is 101 Å². The lowest BCUT2D eigenvalue weighted by Gasteiger charge is -2.17. The van der Waals surface area contributed by atoms with E-state index in [1.807, 2.05) is 13.8 Å². The van der Waals surface area contributed by atoms with Gasteiger partial charge in [0.1, 0.15) is 5.82 Å². The van der Waals surface area contributed by atoms with Gasteiger partial charge in [0.05, 0.1) is 22.0 Å². The van der Waals surface area contributed by atoms with Crippen molar-refractivity contribution in [2.24, 2.45) is 5.92 Å². The minimum absolute atomic E-state index is 0.0119. The SMILES string of the molecule is CCCCC(CC)C(=O)NC(C)c1nc2ccc([N+](=O)[O-])cc2[nH]1. The lowest BCUT2D eigenvalue weighted by atomic mass is 9.98. The van der Waals surface area contributed by atoms with Crippen LogP contribution in [0.15, 0.2) is 18.2 Å². The van der Waals surface area contributed by atoms with Crippen molar-refractivity contribution < 1.29 is 9.72 Å². The third-order valence-electron chi connectivity index (χ3n) is 4.23. The van der Waals surface area contributed by atoms with Crippen molar-refractivity contribution in [3.8, 4) is 0 Å². The number of amides is 1. The summed E-state index contributed by atoms with van der Waals surface area (Å²) >= 11 is 0. The summed E-state index contributed by atoms with van der Waals surface area (Å²) < 4.78 is 0. The van der Waals surface area contributed by atoms with E-state index in [0.29, 0.717) is 16.9 Å². The number of carbonyl (C=O) groups excluding carboxylic acids is 1. The molecule has 0 aliphatic heterocycles. The molecular weight excluding hydrogens is 308 g/mol. The Bertz CT molecular complexity index is 726. The molecule has 24 heavy (non-hydrogen) atoms. The number of benzene rings is 1. The van der Waals surface area contributed by atoms with Crippen molar-refractivity contribution in [2.75, 3.05) is 0 Å². The van der Waals surface area contributed by atoms with E-state index in [-0.39, 0.29) is 23.6 Å². The van der Waals surface area contributed by atoms with Crippen LogP contribution in [-0.4, -0.2) is 20.8 Å². The fourth-order valence-electron chi connectivity index (χ4n) is 2.71. The zero-order valence-electron chi connectivity index (χ0n) is 14.3. The number of rotatable bonds is 8. The molecule has 2 aromatic rings. The van der Waals surface area contributed by atoms with Gasteiger partial charge in [0.2, 0.25) is 5.91 Å². The molecule has 130 valence electrons. The molecular formula is C17H24N4O3. The molecule has 7 nitrogen and oxygen atoms in total. The number of nitrogens with zero attached hydrogens (tertiary/aromatic N) is 2. The number of fused-ring (bicyclic) bond motifs is 1. The van der Waals surface area contributed by atoms with Gasteiger partial charge in [0.15, 0.2) is 0 Å². The first-order chi connectivity index (χ1) is 11.5. The first kappa shape index (κ1) is 17.9. The van der Waals surface area contributed by atoms with Gasteiger partial charge in [-0.05, 0) is 25.8 Å². The summed E-state index contributed by atoms with van der Waals surface area (Å²) in [4.78, 5) is 30.3. The van der Waals surface area contributed by atoms with Gasteiger partial charge in [-0.15, -0.1) is 0 Å². The van der Waals surface area contributed by atoms with Crippen molar-refractivity contribution in [1.82, 2.24) is 15.3 Å². The molecule has 1 heterocycles. The second-order valence-electron chi connectivity index (χ2n) is 6.06. The predicted molar refractivity (Wildman–Crippen MR) is 92.6 cm³/mol. The van der Waals surface area contributed by atoms with Crippen LogP contribution in [0.4, 0.5) is 5.69 Å². The van der Waals surface area contributed by atoms with Gasteiger partial charge in [-0.3, -0.25) is 14.9 Å². The molecule has 0 saturated carbocycles. The van der Waals surface area contributed by atoms with E-state index >= 15 is 0 Å². The number of unbranched alkanes of at least 4 members (excludes halogenated alkanes) is 1. The van der Waals surface area contributed by atoms with Crippen LogP contribution in [0.5, 0.6) is 0 Å². The Hall–Kier alpha value is -2.44. The normalized spacial score (nSPS) is 13.6. The molecule has 2 N–H and O–H groups in total. The van der Waals surface area contributed by atoms with E-state index in [0.717, 1.165) is 25.7 Å². The van der Waals surface area contributed by atoms with Crippen molar-refractivity contribution in [3.63, 3.8) is 0 Å². The maximum Gasteiger partial charge on any atom is 0.271 e. The van der Waals surface area contributed by atoms with Crippen molar-refractivity contribution in [3.05, 3.63) is 34.1 Å². The third kappa shape index (κ3) is 4.10. The van der Waals surface area contributed by atoms with E-state index in [2.05, 4.69) is 22.2 Å². The zero-order chi connectivity index (χ0) is 17.7. The van der Waals surface area contributed by atoms with Gasteiger partial charge >= 0.3 is 0 Å². The molecule has 2 atom stereocenters. The van der Waals surface area contributed by atoms with Gasteiger partial charge in [-0.1, -0.05) is 26.7 Å². The number of hydrogen-bond donors (Lipinski definition) is 2. The second kappa shape index (κ2) is 7.90. The average molecular weight is 332 g/mol. The van der Waals surface area contributed by atoms with E-state index in [4.69, 9.17) is 0 Å². The number of imidazole rings is 1. The van der Waals surface area contributed by atoms with Crippen molar-refractivity contribution >= 4 is 22.6 Å². The summed E-state index contributed by atoms with van der Waals surface area (Å²) in [5.41, 5.74) is 1.26. The minimum atomic E-state index is -0.440. The van der Waals surface area contributed by atoms with E-state index < -0.39 is 4.92 Å². The average Bonchev–Trinajstić information content (AvgIpc) is 2.98. The van der Waals surface area contributed by atoms with Crippen LogP contribution < -0.4 is 5.32 Å². The van der Waals surface area contributed by atoms with Crippen LogP contribution in [0.25, 0.3) is 11.0 Å². The van der Waals surface area contributed by atoms with Gasteiger partial charge in [0, 0.05) is 18.1 Å². The molecule has 0 radical (unpaired) electrons. The second-order valence-corrected chi connectivity index (χ2v) is 6.06. The Morgan fingerprint density at radius 1 is 1.42 bits per heavy atom. The monoisotopic (exact) mass is 332 g/mol. The molecule has 0 fully saturated rings. The van der Waals surface area contributed by atoms with Gasteiger partial charge in [-0.2, -0.15) is 0 Å². The number of nitrogens with one attached hydrogen (secondary N) is 2. The maximum atomic E-state index is 12.4. The largest absolute Gasteiger partial charge is 0.346 e. The molecule has 0 spiro atoms. The Balaban J connectivity index is 2.11. The number of hydrogen-bond acceptors (Lipinski definition) is 4. The summed E-state index contributed by atoms with van der Waals surface area (Å²) in [5.74, 6) is 0.645. The lowest BCUT2D eigenvalue weighted by molar-refractivity contribution is -0.384. The van der Waals surface area contributed by atoms with E-state index in [9.17, 15) is 14.9 Å². The number of nitro benzene ring substituents is 1. The standard InChI is InChI=1S/C17H24N4O3/c1-4-6-7-12(5-2)17(22)18-11(3)16-19-14-9-8-13(21(23)24)10-15(14)20-16/h8-12H,4-7H2,1-3H3,(H,18,22)(H,19,20). The highest BCUT2D eigenvalue weighted by Gasteiger charge is 2.20. The molecule has 7 heteroatoms. The third-order valence-corrected chi connectivity index (χ3v) is 4.23. The Morgan fingerprint density at radius 3 is 2.79 bits per heavy atom. The van der Waals surface area contributed by atoms with Gasteiger partial charge in [0.25, 0.3) is 5.69 Å². The highest BCUT2D eigenvalue weighted by atomic mass is 16.6. The minimum Gasteiger partial charge on any atom is -0.346 e. The summed E-state index contributed by atoms with van der Waals surface area (Å²) in [7, 11) is 0. The van der Waals surface area contributed by atoms with Crippen LogP contribution in [-0.2, 0) is 4.79 Å². The quantitative estimate of drug-likeness (QED) is 0.566. The molecule has 1 aromatic carbocycles. The fraction of sp³-hybridized carbons (Fsp3) is 0.529. The molecule has 0 aliphatic carbocycles. The van der Waals surface area contributed by atoms with Gasteiger partial charge < -0.3 is 10.3 Å². The van der Waals surface area contributed by atoms with Crippen LogP contribution in [0.3, 0.4) is 0 Å². The van der Waals surface area contributed by atoms with E-state index in [1.54, 1.807) is 6.07 Å². The molecule has 2 rings (SSSR count). The summed E-state index contributed by atoms with van der Waals surface area (Å²) in [5, 5.41) is 13.8. The summed E-state index contributed by atoms with van der Waals surface area (Å²) in [6, 6.07) is 4.21. The number of carbonyl (C=O) groups is 1. The Morgan fingerprint density at radius 2 is 2.17 bits per heavy atom. The Labute approximate surface area is 141 Å². The highest BCUT2D eigenvalue weighted by molar-refractivity contribution is 5.80. The molecule has 0 saturated heterocycles. The Kier molecular flexibility index (Phi) is 5.89. The molecule has 0 bridgehead atoms. The first-order valence-corrected chi connectivity index (χ1v) is 8.40. The molecule has 0 aliphatic rings. The number of aromatic amines is 1. The number of nitro groups is 1. The molecule has 1 amide bonds. The van der Waals surface area contributed by atoms with Crippen LogP contribution in [0.1, 0.15) is 58.3 Å². The zero-order valence-corrected chi connectivity index (χ0v) is 14.3. The molecule has 1 aromatic heterocycles. The number of H-pyrrole nitrogens is 1. The first-order valence-electron chi connectivity index (χ1n) is 8.40. The highest BCUT2D eigenvalue weighted by Crippen LogP contribution is 2.22. The van der Waals surface area contributed by atoms with Crippen molar-refractivity contribution in [1.29, 1.82) is 0 Å².